The lowest BCUT2D eigenvalue weighted by Gasteiger charge is -2.05. The van der Waals surface area contributed by atoms with E-state index in [4.69, 9.17) is 0 Å². The largest absolute Gasteiger partial charge is 0.508 e. The Kier molecular flexibility index (Phi) is 5.37. The Hall–Kier alpha value is -2.55. The van der Waals surface area contributed by atoms with Gasteiger partial charge in [-0.1, -0.05) is 42.0 Å². The first-order valence-electron chi connectivity index (χ1n) is 7.22. The van der Waals surface area contributed by atoms with E-state index in [1.165, 1.54) is 18.7 Å². The maximum atomic E-state index is 11.1. The number of phenols is 1. The molecule has 0 bridgehead atoms. The number of rotatable bonds is 5. The van der Waals surface area contributed by atoms with E-state index in [0.29, 0.717) is 0 Å². The summed E-state index contributed by atoms with van der Waals surface area (Å²) in [5.41, 5.74) is 4.42. The van der Waals surface area contributed by atoms with Gasteiger partial charge in [-0.2, -0.15) is 0 Å². The molecule has 0 saturated heterocycles. The second kappa shape index (κ2) is 7.46. The van der Waals surface area contributed by atoms with Crippen molar-refractivity contribution in [3.05, 3.63) is 65.7 Å². The zero-order valence-electron chi connectivity index (χ0n) is 12.9. The van der Waals surface area contributed by atoms with Crippen molar-refractivity contribution in [1.82, 2.24) is 0 Å². The molecule has 114 valence electrons. The monoisotopic (exact) mass is 296 g/mol. The Morgan fingerprint density at radius 3 is 2.14 bits per heavy atom. The quantitative estimate of drug-likeness (QED) is 0.667. The summed E-state index contributed by atoms with van der Waals surface area (Å²) in [5.74, 6) is -0.0339. The number of carbonyl (C=O) groups is 1. The second-order valence-corrected chi connectivity index (χ2v) is 5.26. The number of ether oxygens (including phenoxy) is 1. The first kappa shape index (κ1) is 15.8. The molecule has 22 heavy (non-hydrogen) atoms. The zero-order valence-corrected chi connectivity index (χ0v) is 12.9. The molecule has 0 spiro atoms. The summed E-state index contributed by atoms with van der Waals surface area (Å²) < 4.78 is 4.61. The average Bonchev–Trinajstić information content (AvgIpc) is 2.54. The van der Waals surface area contributed by atoms with Crippen LogP contribution >= 0.6 is 0 Å². The molecule has 0 aliphatic carbocycles. The summed E-state index contributed by atoms with van der Waals surface area (Å²) >= 11 is 0. The summed E-state index contributed by atoms with van der Waals surface area (Å²) in [6, 6.07) is 15.5. The lowest BCUT2D eigenvalue weighted by molar-refractivity contribution is -0.134. The van der Waals surface area contributed by atoms with Crippen molar-refractivity contribution in [3.63, 3.8) is 0 Å². The van der Waals surface area contributed by atoms with Gasteiger partial charge in [0, 0.05) is 6.08 Å². The van der Waals surface area contributed by atoms with Crippen LogP contribution in [0.1, 0.15) is 18.9 Å². The third-order valence-electron chi connectivity index (χ3n) is 3.53. The Labute approximate surface area is 130 Å². The van der Waals surface area contributed by atoms with Gasteiger partial charge in [0.15, 0.2) is 0 Å². The van der Waals surface area contributed by atoms with Crippen LogP contribution in [-0.2, 0) is 16.0 Å². The minimum atomic E-state index is -0.305. The van der Waals surface area contributed by atoms with Gasteiger partial charge in [-0.3, -0.25) is 0 Å². The molecule has 3 nitrogen and oxygen atoms in total. The standard InChI is InChI=1S/C19H20O3/c1-14(13-19(21)22-2)3-4-15-5-7-16(8-6-15)17-9-11-18(20)12-10-17/h5-13,20H,3-4H2,1-2H3/b14-13+. The first-order chi connectivity index (χ1) is 10.6. The molecule has 0 fully saturated rings. The SMILES string of the molecule is COC(=O)/C=C(\C)CCc1ccc(-c2ccc(O)cc2)cc1. The molecule has 0 saturated carbocycles. The highest BCUT2D eigenvalue weighted by molar-refractivity contribution is 5.82. The highest BCUT2D eigenvalue weighted by Gasteiger charge is 2.01. The normalized spacial score (nSPS) is 11.3. The number of aryl methyl sites for hydroxylation is 1. The highest BCUT2D eigenvalue weighted by atomic mass is 16.5. The molecule has 2 aromatic rings. The number of esters is 1. The minimum Gasteiger partial charge on any atom is -0.508 e. The third kappa shape index (κ3) is 4.48. The van der Waals surface area contributed by atoms with Gasteiger partial charge in [0.2, 0.25) is 0 Å². The number of hydrogen-bond acceptors (Lipinski definition) is 3. The molecule has 2 aromatic carbocycles. The number of allylic oxidation sites excluding steroid dienone is 1. The first-order valence-corrected chi connectivity index (χ1v) is 7.22. The molecule has 0 aromatic heterocycles. The van der Waals surface area contributed by atoms with Gasteiger partial charge in [0.1, 0.15) is 5.75 Å². The van der Waals surface area contributed by atoms with E-state index in [9.17, 15) is 9.90 Å². The van der Waals surface area contributed by atoms with Crippen molar-refractivity contribution in [3.8, 4) is 16.9 Å². The van der Waals surface area contributed by atoms with E-state index in [2.05, 4.69) is 29.0 Å². The summed E-state index contributed by atoms with van der Waals surface area (Å²) in [5, 5.41) is 9.31. The lowest BCUT2D eigenvalue weighted by Crippen LogP contribution is -1.96. The third-order valence-corrected chi connectivity index (χ3v) is 3.53. The molecule has 0 radical (unpaired) electrons. The van der Waals surface area contributed by atoms with Crippen molar-refractivity contribution < 1.29 is 14.6 Å². The topological polar surface area (TPSA) is 46.5 Å². The Morgan fingerprint density at radius 2 is 1.59 bits per heavy atom. The maximum Gasteiger partial charge on any atom is 0.330 e. The molecule has 1 N–H and O–H groups in total. The second-order valence-electron chi connectivity index (χ2n) is 5.26. The van der Waals surface area contributed by atoms with Crippen LogP contribution < -0.4 is 0 Å². The van der Waals surface area contributed by atoms with Gasteiger partial charge in [-0.05, 0) is 48.6 Å². The maximum absolute atomic E-state index is 11.1. The van der Waals surface area contributed by atoms with Crippen molar-refractivity contribution in [2.45, 2.75) is 19.8 Å². The highest BCUT2D eigenvalue weighted by Crippen LogP contribution is 2.22. The lowest BCUT2D eigenvalue weighted by atomic mass is 10.0. The molecule has 0 amide bonds. The van der Waals surface area contributed by atoms with E-state index < -0.39 is 0 Å². The molecular formula is C19H20O3. The van der Waals surface area contributed by atoms with Gasteiger partial charge in [-0.15, -0.1) is 0 Å². The number of hydrogen-bond donors (Lipinski definition) is 1. The number of phenolic OH excluding ortho intramolecular Hbond substituents is 1. The minimum absolute atomic E-state index is 0.272. The van der Waals surface area contributed by atoms with Gasteiger partial charge in [0.25, 0.3) is 0 Å². The summed E-state index contributed by atoms with van der Waals surface area (Å²) in [7, 11) is 1.38. The Bertz CT molecular complexity index is 652. The number of benzene rings is 2. The summed E-state index contributed by atoms with van der Waals surface area (Å²) in [6.45, 7) is 1.93. The zero-order chi connectivity index (χ0) is 15.9. The van der Waals surface area contributed by atoms with E-state index in [1.54, 1.807) is 12.1 Å². The van der Waals surface area contributed by atoms with Crippen LogP contribution in [0.3, 0.4) is 0 Å². The fourth-order valence-electron chi connectivity index (χ4n) is 2.19. The molecule has 2 rings (SSSR count). The van der Waals surface area contributed by atoms with Gasteiger partial charge < -0.3 is 9.84 Å². The average molecular weight is 296 g/mol. The van der Waals surface area contributed by atoms with Crippen LogP contribution in [0.15, 0.2) is 60.2 Å². The van der Waals surface area contributed by atoms with E-state index in [-0.39, 0.29) is 11.7 Å². The van der Waals surface area contributed by atoms with Crippen molar-refractivity contribution in [2.24, 2.45) is 0 Å². The van der Waals surface area contributed by atoms with Crippen LogP contribution in [-0.4, -0.2) is 18.2 Å². The molecule has 0 aliphatic rings. The van der Waals surface area contributed by atoms with Gasteiger partial charge in [-0.25, -0.2) is 4.79 Å². The van der Waals surface area contributed by atoms with E-state index in [1.807, 2.05) is 19.1 Å². The number of carbonyl (C=O) groups excluding carboxylic acids is 1. The Morgan fingerprint density at radius 1 is 1.05 bits per heavy atom. The van der Waals surface area contributed by atoms with Crippen molar-refractivity contribution >= 4 is 5.97 Å². The molecule has 0 heterocycles. The summed E-state index contributed by atoms with van der Waals surface area (Å²) in [4.78, 5) is 11.1. The fourth-order valence-corrected chi connectivity index (χ4v) is 2.19. The Balaban J connectivity index is 1.99. The van der Waals surface area contributed by atoms with Crippen molar-refractivity contribution in [2.75, 3.05) is 7.11 Å². The fraction of sp³-hybridized carbons (Fsp3) is 0.211. The van der Waals surface area contributed by atoms with Crippen LogP contribution in [0.25, 0.3) is 11.1 Å². The number of methoxy groups -OCH3 is 1. The summed E-state index contributed by atoms with van der Waals surface area (Å²) in [6.07, 6.45) is 3.24. The van der Waals surface area contributed by atoms with E-state index in [0.717, 1.165) is 29.5 Å². The van der Waals surface area contributed by atoms with E-state index >= 15 is 0 Å². The molecule has 0 aliphatic heterocycles. The predicted molar refractivity (Wildman–Crippen MR) is 87.6 cm³/mol. The van der Waals surface area contributed by atoms with Gasteiger partial charge >= 0.3 is 5.97 Å². The van der Waals surface area contributed by atoms with Crippen LogP contribution in [0, 0.1) is 0 Å². The van der Waals surface area contributed by atoms with Gasteiger partial charge in [0.05, 0.1) is 7.11 Å². The van der Waals surface area contributed by atoms with Crippen molar-refractivity contribution in [1.29, 1.82) is 0 Å². The van der Waals surface area contributed by atoms with Crippen LogP contribution in [0.2, 0.25) is 0 Å². The smallest absolute Gasteiger partial charge is 0.330 e. The molecular weight excluding hydrogens is 276 g/mol. The van der Waals surface area contributed by atoms with Crippen LogP contribution in [0.5, 0.6) is 5.75 Å². The molecule has 3 heteroatoms. The molecule has 0 unspecified atom stereocenters. The van der Waals surface area contributed by atoms with Crippen LogP contribution in [0.4, 0.5) is 0 Å². The number of aromatic hydroxyl groups is 1. The predicted octanol–water partition coefficient (Wildman–Crippen LogP) is 4.11. The molecule has 0 atom stereocenters.